The third-order valence-corrected chi connectivity index (χ3v) is 5.40. The molecule has 0 radical (unpaired) electrons. The third-order valence-electron chi connectivity index (χ3n) is 5.40. The summed E-state index contributed by atoms with van der Waals surface area (Å²) in [4.78, 5) is 0. The van der Waals surface area contributed by atoms with E-state index in [4.69, 9.17) is 9.47 Å². The second-order valence-corrected chi connectivity index (χ2v) is 7.09. The molecule has 0 saturated heterocycles. The monoisotopic (exact) mass is 341 g/mol. The molecule has 2 aliphatic rings. The molecule has 25 heavy (non-hydrogen) atoms. The Hall–Kier alpha value is -2.01. The van der Waals surface area contributed by atoms with Crippen LogP contribution in [0.25, 0.3) is 0 Å². The Balaban J connectivity index is 1.53. The smallest absolute Gasteiger partial charge is 0.123 e. The highest BCUT2D eigenvalue weighted by molar-refractivity contribution is 5.48. The van der Waals surface area contributed by atoms with E-state index in [1.54, 1.807) is 7.11 Å². The molecular weight excluding hydrogens is 314 g/mol. The van der Waals surface area contributed by atoms with Crippen LogP contribution in [-0.2, 0) is 25.9 Å². The zero-order valence-electron chi connectivity index (χ0n) is 15.3. The number of ether oxygens (including phenoxy) is 2. The molecule has 0 saturated carbocycles. The third kappa shape index (κ3) is 3.01. The van der Waals surface area contributed by atoms with Crippen LogP contribution in [0.15, 0.2) is 18.3 Å². The summed E-state index contributed by atoms with van der Waals surface area (Å²) in [7, 11) is 1.74. The van der Waals surface area contributed by atoms with E-state index >= 15 is 0 Å². The van der Waals surface area contributed by atoms with Crippen molar-refractivity contribution in [2.24, 2.45) is 0 Å². The first-order valence-electron chi connectivity index (χ1n) is 9.34. The van der Waals surface area contributed by atoms with Gasteiger partial charge in [0.15, 0.2) is 0 Å². The molecule has 5 heteroatoms. The van der Waals surface area contributed by atoms with E-state index in [0.29, 0.717) is 6.04 Å². The highest BCUT2D eigenvalue weighted by Crippen LogP contribution is 2.36. The van der Waals surface area contributed by atoms with Crippen molar-refractivity contribution in [3.63, 3.8) is 0 Å². The molecule has 0 fully saturated rings. The van der Waals surface area contributed by atoms with Gasteiger partial charge in [-0.05, 0) is 45.2 Å². The Labute approximate surface area is 149 Å². The van der Waals surface area contributed by atoms with Gasteiger partial charge in [-0.1, -0.05) is 0 Å². The number of hydrogen-bond acceptors (Lipinski definition) is 4. The van der Waals surface area contributed by atoms with Gasteiger partial charge in [0, 0.05) is 47.9 Å². The van der Waals surface area contributed by atoms with E-state index in [0.717, 1.165) is 49.4 Å². The fraction of sp³-hybridized carbons (Fsp3) is 0.550. The number of benzene rings is 1. The van der Waals surface area contributed by atoms with Gasteiger partial charge in [-0.15, -0.1) is 0 Å². The second kappa shape index (κ2) is 6.71. The van der Waals surface area contributed by atoms with Gasteiger partial charge in [0.25, 0.3) is 0 Å². The predicted molar refractivity (Wildman–Crippen MR) is 97.2 cm³/mol. The average Bonchev–Trinajstić information content (AvgIpc) is 3.20. The number of aryl methyl sites for hydroxylation is 1. The van der Waals surface area contributed by atoms with Crippen molar-refractivity contribution in [2.45, 2.75) is 64.8 Å². The number of methoxy groups -OCH3 is 1. The molecule has 2 aromatic rings. The summed E-state index contributed by atoms with van der Waals surface area (Å²) in [5.41, 5.74) is 5.16. The maximum absolute atomic E-state index is 5.92. The lowest BCUT2D eigenvalue weighted by Crippen LogP contribution is -2.25. The SMILES string of the molecule is CCn1ncc2c1CCC[C@H]2NCc1cc2c(cc1OC)C[C@@H](C)O2. The van der Waals surface area contributed by atoms with Gasteiger partial charge in [0.2, 0.25) is 0 Å². The van der Waals surface area contributed by atoms with Gasteiger partial charge in [-0.3, -0.25) is 4.68 Å². The number of nitrogens with zero attached hydrogens (tertiary/aromatic N) is 2. The molecule has 134 valence electrons. The minimum absolute atomic E-state index is 0.253. The van der Waals surface area contributed by atoms with Crippen molar-refractivity contribution in [3.05, 3.63) is 40.7 Å². The van der Waals surface area contributed by atoms with Crippen LogP contribution < -0.4 is 14.8 Å². The lowest BCUT2D eigenvalue weighted by atomic mass is 9.92. The molecular formula is C20H27N3O2. The number of fused-ring (bicyclic) bond motifs is 2. The predicted octanol–water partition coefficient (Wildman–Crippen LogP) is 3.40. The van der Waals surface area contributed by atoms with E-state index in [2.05, 4.69) is 41.1 Å². The number of hydrogen-bond donors (Lipinski definition) is 1. The second-order valence-electron chi connectivity index (χ2n) is 7.09. The van der Waals surface area contributed by atoms with Crippen LogP contribution in [0.5, 0.6) is 11.5 Å². The van der Waals surface area contributed by atoms with Crippen molar-refractivity contribution in [3.8, 4) is 11.5 Å². The van der Waals surface area contributed by atoms with Crippen molar-refractivity contribution in [2.75, 3.05) is 7.11 Å². The first-order chi connectivity index (χ1) is 12.2. The molecule has 0 unspecified atom stereocenters. The van der Waals surface area contributed by atoms with Crippen LogP contribution in [0, 0.1) is 0 Å². The standard InChI is InChI=1S/C20H27N3O2/c1-4-23-18-7-5-6-17(16(18)12-22-23)21-11-15-10-20-14(8-13(2)25-20)9-19(15)24-3/h9-10,12-13,17,21H,4-8,11H2,1-3H3/t13-,17-/m1/s1. The Morgan fingerprint density at radius 2 is 2.28 bits per heavy atom. The maximum atomic E-state index is 5.92. The van der Waals surface area contributed by atoms with E-state index in [1.807, 2.05) is 6.20 Å². The molecule has 1 N–H and O–H groups in total. The molecule has 2 atom stereocenters. The lowest BCUT2D eigenvalue weighted by Gasteiger charge is -2.24. The molecule has 1 aliphatic heterocycles. The fourth-order valence-electron chi connectivity index (χ4n) is 4.15. The molecule has 0 bridgehead atoms. The average molecular weight is 341 g/mol. The quantitative estimate of drug-likeness (QED) is 0.905. The van der Waals surface area contributed by atoms with Crippen LogP contribution in [0.1, 0.15) is 55.1 Å². The van der Waals surface area contributed by atoms with E-state index < -0.39 is 0 Å². The molecule has 1 aromatic carbocycles. The van der Waals surface area contributed by atoms with Gasteiger partial charge in [0.1, 0.15) is 17.6 Å². The van der Waals surface area contributed by atoms with Gasteiger partial charge in [-0.2, -0.15) is 5.10 Å². The van der Waals surface area contributed by atoms with Crippen LogP contribution in [0.2, 0.25) is 0 Å². The maximum Gasteiger partial charge on any atom is 0.123 e. The number of nitrogens with one attached hydrogen (secondary N) is 1. The largest absolute Gasteiger partial charge is 0.496 e. The molecule has 5 nitrogen and oxygen atoms in total. The van der Waals surface area contributed by atoms with Crippen LogP contribution in [-0.4, -0.2) is 23.0 Å². The lowest BCUT2D eigenvalue weighted by molar-refractivity contribution is 0.254. The van der Waals surface area contributed by atoms with E-state index in [-0.39, 0.29) is 6.10 Å². The first kappa shape index (κ1) is 16.5. The first-order valence-corrected chi connectivity index (χ1v) is 9.34. The molecule has 0 spiro atoms. The van der Waals surface area contributed by atoms with Crippen molar-refractivity contribution < 1.29 is 9.47 Å². The van der Waals surface area contributed by atoms with Gasteiger partial charge in [0.05, 0.1) is 13.3 Å². The highest BCUT2D eigenvalue weighted by Gasteiger charge is 2.25. The van der Waals surface area contributed by atoms with Crippen LogP contribution in [0.3, 0.4) is 0 Å². The summed E-state index contributed by atoms with van der Waals surface area (Å²) in [5.74, 6) is 1.96. The Morgan fingerprint density at radius 3 is 3.08 bits per heavy atom. The summed E-state index contributed by atoms with van der Waals surface area (Å²) in [6, 6.07) is 4.64. The topological polar surface area (TPSA) is 48.3 Å². The Bertz CT molecular complexity index is 769. The molecule has 2 heterocycles. The van der Waals surface area contributed by atoms with Crippen molar-refractivity contribution in [1.29, 1.82) is 0 Å². The van der Waals surface area contributed by atoms with Crippen molar-refractivity contribution in [1.82, 2.24) is 15.1 Å². The molecule has 1 aromatic heterocycles. The molecule has 0 amide bonds. The summed E-state index contributed by atoms with van der Waals surface area (Å²) >= 11 is 0. The summed E-state index contributed by atoms with van der Waals surface area (Å²) in [6.45, 7) is 5.98. The molecule has 1 aliphatic carbocycles. The normalized spacial score (nSPS) is 21.6. The molecule has 4 rings (SSSR count). The number of aromatic nitrogens is 2. The summed E-state index contributed by atoms with van der Waals surface area (Å²) in [6.07, 6.45) is 6.75. The number of rotatable bonds is 5. The van der Waals surface area contributed by atoms with Crippen LogP contribution >= 0.6 is 0 Å². The zero-order chi connectivity index (χ0) is 17.4. The summed E-state index contributed by atoms with van der Waals surface area (Å²) < 4.78 is 13.7. The van der Waals surface area contributed by atoms with Gasteiger partial charge >= 0.3 is 0 Å². The summed E-state index contributed by atoms with van der Waals surface area (Å²) in [5, 5.41) is 8.26. The van der Waals surface area contributed by atoms with Crippen molar-refractivity contribution >= 4 is 0 Å². The fourth-order valence-corrected chi connectivity index (χ4v) is 4.15. The van der Waals surface area contributed by atoms with Gasteiger partial charge in [-0.25, -0.2) is 0 Å². The minimum atomic E-state index is 0.253. The minimum Gasteiger partial charge on any atom is -0.496 e. The van der Waals surface area contributed by atoms with Crippen LogP contribution in [0.4, 0.5) is 0 Å². The Morgan fingerprint density at radius 1 is 1.40 bits per heavy atom. The van der Waals surface area contributed by atoms with E-state index in [9.17, 15) is 0 Å². The zero-order valence-corrected chi connectivity index (χ0v) is 15.3. The van der Waals surface area contributed by atoms with Gasteiger partial charge < -0.3 is 14.8 Å². The Kier molecular flexibility index (Phi) is 4.42. The highest BCUT2D eigenvalue weighted by atomic mass is 16.5. The van der Waals surface area contributed by atoms with E-state index in [1.165, 1.54) is 23.2 Å².